The molecule has 0 saturated heterocycles. The van der Waals surface area contributed by atoms with E-state index in [2.05, 4.69) is 31.8 Å². The van der Waals surface area contributed by atoms with Crippen LogP contribution < -0.4 is 15.5 Å². The molecule has 2 amide bonds. The number of ether oxygens (including phenoxy) is 2. The average molecular weight is 625 g/mol. The van der Waals surface area contributed by atoms with Crippen LogP contribution in [0.5, 0.6) is 5.75 Å². The van der Waals surface area contributed by atoms with Gasteiger partial charge in [-0.2, -0.15) is 5.10 Å². The largest absolute Gasteiger partial charge is 0.462 e. The number of esters is 2. The molecule has 0 unspecified atom stereocenters. The Hall–Kier alpha value is -4.09. The number of nitrogens with zero attached hydrogens (tertiary/aromatic N) is 1. The Labute approximate surface area is 243 Å². The summed E-state index contributed by atoms with van der Waals surface area (Å²) in [6.45, 7) is 1.90. The fraction of sp³-hybridized carbons (Fsp3) is 0.207. The second-order valence-electron chi connectivity index (χ2n) is 8.64. The van der Waals surface area contributed by atoms with Crippen LogP contribution in [0.1, 0.15) is 51.7 Å². The smallest absolute Gasteiger partial charge is 0.341 e. The lowest BCUT2D eigenvalue weighted by Crippen LogP contribution is -2.32. The fourth-order valence-electron chi connectivity index (χ4n) is 4.03. The first-order valence-electron chi connectivity index (χ1n) is 12.6. The van der Waals surface area contributed by atoms with Crippen LogP contribution in [-0.2, 0) is 32.0 Å². The Bertz CT molecular complexity index is 1480. The Morgan fingerprint density at radius 1 is 1.05 bits per heavy atom. The van der Waals surface area contributed by atoms with Gasteiger partial charge in [0.2, 0.25) is 0 Å². The zero-order chi connectivity index (χ0) is 28.5. The SMILES string of the molecule is CCOC(=O)c1c(NC(=O)C(=O)N/N=C/c2cc(Br)ccc2OC(=O)/C=C/c2ccccc2)sc2c1CCCC2. The van der Waals surface area contributed by atoms with E-state index in [9.17, 15) is 19.2 Å². The Morgan fingerprint density at radius 2 is 1.82 bits per heavy atom. The molecule has 0 atom stereocenters. The second kappa shape index (κ2) is 13.8. The van der Waals surface area contributed by atoms with Crippen molar-refractivity contribution in [2.45, 2.75) is 32.6 Å². The molecule has 1 heterocycles. The summed E-state index contributed by atoms with van der Waals surface area (Å²) in [4.78, 5) is 51.1. The predicted molar refractivity (Wildman–Crippen MR) is 157 cm³/mol. The van der Waals surface area contributed by atoms with Gasteiger partial charge in [-0.05, 0) is 68.0 Å². The van der Waals surface area contributed by atoms with Gasteiger partial charge in [0.1, 0.15) is 10.8 Å². The van der Waals surface area contributed by atoms with Gasteiger partial charge in [0, 0.05) is 21.0 Å². The van der Waals surface area contributed by atoms with E-state index in [1.165, 1.54) is 23.6 Å². The standard InChI is InChI=1S/C29H26BrN3O6S/c1-2-38-29(37)25-21-10-6-7-11-23(21)40-28(25)32-26(35)27(36)33-31-17-19-16-20(30)13-14-22(19)39-24(34)15-12-18-8-4-3-5-9-18/h3-5,8-9,12-17H,2,6-7,10-11H2,1H3,(H,32,35)(H,33,36)/b15-12+,31-17+. The number of hydrazone groups is 1. The van der Waals surface area contributed by atoms with Crippen molar-refractivity contribution < 1.29 is 28.7 Å². The number of halogens is 1. The number of hydrogen-bond donors (Lipinski definition) is 2. The molecule has 11 heteroatoms. The lowest BCUT2D eigenvalue weighted by Gasteiger charge is -2.12. The number of nitrogens with one attached hydrogen (secondary N) is 2. The lowest BCUT2D eigenvalue weighted by molar-refractivity contribution is -0.136. The molecule has 0 saturated carbocycles. The number of anilines is 1. The van der Waals surface area contributed by atoms with Crippen molar-refractivity contribution in [1.29, 1.82) is 0 Å². The van der Waals surface area contributed by atoms with Gasteiger partial charge in [0.05, 0.1) is 18.4 Å². The average Bonchev–Trinajstić information content (AvgIpc) is 3.31. The van der Waals surface area contributed by atoms with E-state index in [1.54, 1.807) is 31.2 Å². The van der Waals surface area contributed by atoms with Crippen LogP contribution in [0.3, 0.4) is 0 Å². The third-order valence-corrected chi connectivity index (χ3v) is 7.55. The zero-order valence-corrected chi connectivity index (χ0v) is 24.0. The molecule has 1 aliphatic rings. The van der Waals surface area contributed by atoms with E-state index < -0.39 is 23.8 Å². The Kier molecular flexibility index (Phi) is 9.98. The van der Waals surface area contributed by atoms with Gasteiger partial charge in [-0.25, -0.2) is 15.0 Å². The summed E-state index contributed by atoms with van der Waals surface area (Å²) in [5.74, 6) is -2.92. The lowest BCUT2D eigenvalue weighted by atomic mass is 9.95. The number of carbonyl (C=O) groups is 4. The van der Waals surface area contributed by atoms with Crippen LogP contribution in [0.4, 0.5) is 5.00 Å². The summed E-state index contributed by atoms with van der Waals surface area (Å²) in [5, 5.41) is 6.68. The first-order chi connectivity index (χ1) is 19.4. The van der Waals surface area contributed by atoms with Crippen molar-refractivity contribution in [1.82, 2.24) is 5.43 Å². The highest BCUT2D eigenvalue weighted by atomic mass is 79.9. The number of aryl methyl sites for hydroxylation is 1. The summed E-state index contributed by atoms with van der Waals surface area (Å²) < 4.78 is 11.3. The molecule has 0 radical (unpaired) electrons. The minimum atomic E-state index is -1.03. The highest BCUT2D eigenvalue weighted by molar-refractivity contribution is 9.10. The summed E-state index contributed by atoms with van der Waals surface area (Å²) >= 11 is 4.64. The van der Waals surface area contributed by atoms with Gasteiger partial charge in [0.15, 0.2) is 0 Å². The third kappa shape index (κ3) is 7.51. The summed E-state index contributed by atoms with van der Waals surface area (Å²) in [5.41, 5.74) is 4.58. The number of carbonyl (C=O) groups excluding carboxylic acids is 4. The molecule has 3 aromatic rings. The van der Waals surface area contributed by atoms with E-state index >= 15 is 0 Å². The number of hydrogen-bond acceptors (Lipinski definition) is 8. The predicted octanol–water partition coefficient (Wildman–Crippen LogP) is 5.27. The van der Waals surface area contributed by atoms with Crippen molar-refractivity contribution in [3.8, 4) is 5.75 Å². The van der Waals surface area contributed by atoms with Gasteiger partial charge < -0.3 is 14.8 Å². The van der Waals surface area contributed by atoms with Crippen LogP contribution in [0.15, 0.2) is 64.2 Å². The normalized spacial score (nSPS) is 12.7. The van der Waals surface area contributed by atoms with E-state index in [4.69, 9.17) is 9.47 Å². The number of fused-ring (bicyclic) bond motifs is 1. The molecular weight excluding hydrogens is 598 g/mol. The maximum Gasteiger partial charge on any atom is 0.341 e. The molecule has 206 valence electrons. The maximum absolute atomic E-state index is 12.6. The Morgan fingerprint density at radius 3 is 2.60 bits per heavy atom. The molecule has 2 aromatic carbocycles. The molecule has 1 aliphatic carbocycles. The fourth-order valence-corrected chi connectivity index (χ4v) is 5.68. The number of rotatable bonds is 8. The van der Waals surface area contributed by atoms with Crippen molar-refractivity contribution in [2.24, 2.45) is 5.10 Å². The Balaban J connectivity index is 1.41. The van der Waals surface area contributed by atoms with Gasteiger partial charge >= 0.3 is 23.8 Å². The molecule has 0 bridgehead atoms. The number of thiophene rings is 1. The van der Waals surface area contributed by atoms with E-state index in [0.717, 1.165) is 35.3 Å². The highest BCUT2D eigenvalue weighted by Gasteiger charge is 2.28. The van der Waals surface area contributed by atoms with E-state index in [0.29, 0.717) is 27.0 Å². The first-order valence-corrected chi connectivity index (χ1v) is 14.2. The molecule has 1 aromatic heterocycles. The van der Waals surface area contributed by atoms with Gasteiger partial charge in [0.25, 0.3) is 0 Å². The van der Waals surface area contributed by atoms with Crippen molar-refractivity contribution in [3.05, 3.63) is 86.2 Å². The molecule has 9 nitrogen and oxygen atoms in total. The van der Waals surface area contributed by atoms with E-state index in [1.807, 2.05) is 30.3 Å². The monoisotopic (exact) mass is 623 g/mol. The number of benzene rings is 2. The van der Waals surface area contributed by atoms with Gasteiger partial charge in [-0.3, -0.25) is 9.59 Å². The summed E-state index contributed by atoms with van der Waals surface area (Å²) in [7, 11) is 0. The van der Waals surface area contributed by atoms with Crippen LogP contribution in [0.2, 0.25) is 0 Å². The van der Waals surface area contributed by atoms with Crippen LogP contribution in [0, 0.1) is 0 Å². The maximum atomic E-state index is 12.6. The van der Waals surface area contributed by atoms with Crippen LogP contribution in [0.25, 0.3) is 6.08 Å². The first kappa shape index (κ1) is 28.9. The van der Waals surface area contributed by atoms with Gasteiger partial charge in [-0.15, -0.1) is 11.3 Å². The minimum absolute atomic E-state index is 0.197. The van der Waals surface area contributed by atoms with Crippen molar-refractivity contribution >= 4 is 68.3 Å². The second-order valence-corrected chi connectivity index (χ2v) is 10.7. The van der Waals surface area contributed by atoms with Crippen LogP contribution >= 0.6 is 27.3 Å². The molecule has 0 aliphatic heterocycles. The zero-order valence-electron chi connectivity index (χ0n) is 21.6. The quantitative estimate of drug-likeness (QED) is 0.0879. The topological polar surface area (TPSA) is 123 Å². The third-order valence-electron chi connectivity index (χ3n) is 5.85. The molecule has 0 spiro atoms. The molecular formula is C29H26BrN3O6S. The van der Waals surface area contributed by atoms with E-state index in [-0.39, 0.29) is 12.4 Å². The molecule has 2 N–H and O–H groups in total. The summed E-state index contributed by atoms with van der Waals surface area (Å²) in [6.07, 6.45) is 7.65. The molecule has 40 heavy (non-hydrogen) atoms. The number of amides is 2. The highest BCUT2D eigenvalue weighted by Crippen LogP contribution is 2.38. The molecule has 4 rings (SSSR count). The minimum Gasteiger partial charge on any atom is -0.462 e. The molecule has 0 fully saturated rings. The summed E-state index contributed by atoms with van der Waals surface area (Å²) in [6, 6.07) is 14.2. The van der Waals surface area contributed by atoms with Crippen molar-refractivity contribution in [2.75, 3.05) is 11.9 Å². The van der Waals surface area contributed by atoms with Gasteiger partial charge in [-0.1, -0.05) is 46.3 Å². The van der Waals surface area contributed by atoms with Crippen molar-refractivity contribution in [3.63, 3.8) is 0 Å². The van der Waals surface area contributed by atoms with Crippen LogP contribution in [-0.4, -0.2) is 36.6 Å².